The third kappa shape index (κ3) is 3.93. The minimum absolute atomic E-state index is 0.0521. The second-order valence-electron chi connectivity index (χ2n) is 8.15. The van der Waals surface area contributed by atoms with Crippen molar-refractivity contribution < 1.29 is 9.18 Å². The number of amides is 1. The molecule has 2 fully saturated rings. The highest BCUT2D eigenvalue weighted by Crippen LogP contribution is 2.43. The van der Waals surface area contributed by atoms with Crippen LogP contribution in [0.3, 0.4) is 0 Å². The van der Waals surface area contributed by atoms with Gasteiger partial charge in [-0.1, -0.05) is 0 Å². The zero-order chi connectivity index (χ0) is 21.4. The highest BCUT2D eigenvalue weighted by Gasteiger charge is 2.30. The van der Waals surface area contributed by atoms with Crippen molar-refractivity contribution in [2.24, 2.45) is 0 Å². The predicted octanol–water partition coefficient (Wildman–Crippen LogP) is 3.12. The van der Waals surface area contributed by atoms with Crippen LogP contribution in [0.15, 0.2) is 30.7 Å². The van der Waals surface area contributed by atoms with Crippen molar-refractivity contribution in [3.63, 3.8) is 0 Å². The number of nitrogens with zero attached hydrogens (tertiary/aromatic N) is 6. The Balaban J connectivity index is 1.44. The average Bonchev–Trinajstić information content (AvgIpc) is 3.53. The van der Waals surface area contributed by atoms with Crippen LogP contribution in [-0.4, -0.2) is 49.3 Å². The maximum Gasteiger partial charge on any atom is 0.236 e. The maximum absolute atomic E-state index is 13.8. The lowest BCUT2D eigenvalue weighted by Crippen LogP contribution is -2.45. The molecule has 1 aliphatic carbocycles. The van der Waals surface area contributed by atoms with Crippen LogP contribution in [0.1, 0.15) is 43.6 Å². The van der Waals surface area contributed by atoms with E-state index in [1.165, 1.54) is 12.3 Å². The molecule has 1 N–H and O–H groups in total. The summed E-state index contributed by atoms with van der Waals surface area (Å²) >= 11 is 0. The molecule has 2 aliphatic rings. The predicted molar refractivity (Wildman–Crippen MR) is 112 cm³/mol. The number of hydrogen-bond acceptors (Lipinski definition) is 6. The molecular weight excluding hydrogens is 397 g/mol. The lowest BCUT2D eigenvalue weighted by molar-refractivity contribution is -0.131. The Labute approximate surface area is 178 Å². The number of imidazole rings is 1. The van der Waals surface area contributed by atoms with Gasteiger partial charge in [-0.3, -0.25) is 9.20 Å². The SMILES string of the molecule is N#CCC(=O)N1CCC[C@@H](Nc2nc(-c3cnc4ccc(F)cn34)ncc2C2CC2)C1. The molecule has 0 unspecified atom stereocenters. The smallest absolute Gasteiger partial charge is 0.236 e. The number of fused-ring (bicyclic) bond motifs is 1. The first-order valence-electron chi connectivity index (χ1n) is 10.5. The molecule has 1 saturated carbocycles. The quantitative estimate of drug-likeness (QED) is 0.682. The normalized spacial score (nSPS) is 18.7. The summed E-state index contributed by atoms with van der Waals surface area (Å²) in [4.78, 5) is 27.6. The molecular formula is C22H22FN7O. The first kappa shape index (κ1) is 19.4. The summed E-state index contributed by atoms with van der Waals surface area (Å²) in [5.41, 5.74) is 2.32. The van der Waals surface area contributed by atoms with Gasteiger partial charge in [0.05, 0.1) is 12.3 Å². The molecule has 4 heterocycles. The van der Waals surface area contributed by atoms with Crippen LogP contribution in [0.5, 0.6) is 0 Å². The van der Waals surface area contributed by atoms with E-state index in [-0.39, 0.29) is 24.2 Å². The first-order valence-corrected chi connectivity index (χ1v) is 10.5. The third-order valence-corrected chi connectivity index (χ3v) is 5.88. The summed E-state index contributed by atoms with van der Waals surface area (Å²) in [6.45, 7) is 1.22. The van der Waals surface area contributed by atoms with Gasteiger partial charge in [-0.15, -0.1) is 0 Å². The third-order valence-electron chi connectivity index (χ3n) is 5.88. The summed E-state index contributed by atoms with van der Waals surface area (Å²) in [5.74, 6) is 1.18. The molecule has 5 rings (SSSR count). The van der Waals surface area contributed by atoms with Crippen molar-refractivity contribution in [1.82, 2.24) is 24.3 Å². The fraction of sp³-hybridized carbons (Fsp3) is 0.409. The number of hydrogen-bond donors (Lipinski definition) is 1. The van der Waals surface area contributed by atoms with Crippen molar-refractivity contribution in [3.8, 4) is 17.6 Å². The molecule has 1 saturated heterocycles. The Morgan fingerprint density at radius 3 is 2.94 bits per heavy atom. The summed E-state index contributed by atoms with van der Waals surface area (Å²) < 4.78 is 15.4. The van der Waals surface area contributed by atoms with Crippen LogP contribution in [-0.2, 0) is 4.79 Å². The number of carbonyl (C=O) groups excluding carboxylic acids is 1. The van der Waals surface area contributed by atoms with E-state index in [1.807, 2.05) is 12.3 Å². The lowest BCUT2D eigenvalue weighted by Gasteiger charge is -2.33. The fourth-order valence-corrected chi connectivity index (χ4v) is 4.14. The number of pyridine rings is 1. The molecule has 0 spiro atoms. The van der Waals surface area contributed by atoms with E-state index in [2.05, 4.69) is 15.3 Å². The van der Waals surface area contributed by atoms with Crippen LogP contribution in [0.2, 0.25) is 0 Å². The van der Waals surface area contributed by atoms with E-state index in [9.17, 15) is 9.18 Å². The summed E-state index contributed by atoms with van der Waals surface area (Å²) in [5, 5.41) is 12.4. The number of likely N-dealkylation sites (tertiary alicyclic amines) is 1. The zero-order valence-corrected chi connectivity index (χ0v) is 17.0. The second-order valence-corrected chi connectivity index (χ2v) is 8.15. The largest absolute Gasteiger partial charge is 0.365 e. The molecule has 1 amide bonds. The van der Waals surface area contributed by atoms with Crippen LogP contribution >= 0.6 is 0 Å². The van der Waals surface area contributed by atoms with Crippen molar-refractivity contribution in [2.75, 3.05) is 18.4 Å². The van der Waals surface area contributed by atoms with Gasteiger partial charge in [0.2, 0.25) is 5.91 Å². The lowest BCUT2D eigenvalue weighted by atomic mass is 10.0. The number of halogens is 1. The first-order chi connectivity index (χ1) is 15.1. The molecule has 9 heteroatoms. The molecule has 0 aromatic carbocycles. The van der Waals surface area contributed by atoms with Crippen molar-refractivity contribution >= 4 is 17.4 Å². The molecule has 31 heavy (non-hydrogen) atoms. The minimum atomic E-state index is -0.357. The van der Waals surface area contributed by atoms with Crippen LogP contribution in [0.4, 0.5) is 10.2 Å². The van der Waals surface area contributed by atoms with Crippen LogP contribution in [0, 0.1) is 17.1 Å². The van der Waals surface area contributed by atoms with E-state index < -0.39 is 0 Å². The topological polar surface area (TPSA) is 99.2 Å². The number of nitrogens with one attached hydrogen (secondary N) is 1. The Morgan fingerprint density at radius 2 is 2.13 bits per heavy atom. The zero-order valence-electron chi connectivity index (χ0n) is 17.0. The van der Waals surface area contributed by atoms with Gasteiger partial charge in [-0.05, 0) is 43.7 Å². The number of aromatic nitrogens is 4. The van der Waals surface area contributed by atoms with Gasteiger partial charge in [0.25, 0.3) is 0 Å². The highest BCUT2D eigenvalue weighted by molar-refractivity contribution is 5.78. The molecule has 8 nitrogen and oxygen atoms in total. The molecule has 1 atom stereocenters. The van der Waals surface area contributed by atoms with Gasteiger partial charge in [0.1, 0.15) is 29.4 Å². The van der Waals surface area contributed by atoms with Gasteiger partial charge < -0.3 is 10.2 Å². The Hall–Kier alpha value is -3.54. The molecule has 0 radical (unpaired) electrons. The van der Waals surface area contributed by atoms with E-state index >= 15 is 0 Å². The highest BCUT2D eigenvalue weighted by atomic mass is 19.1. The van der Waals surface area contributed by atoms with Crippen molar-refractivity contribution in [3.05, 3.63) is 42.1 Å². The number of nitriles is 1. The molecule has 3 aromatic rings. The summed E-state index contributed by atoms with van der Waals surface area (Å²) in [6.07, 6.45) is 8.78. The van der Waals surface area contributed by atoms with Gasteiger partial charge in [0, 0.05) is 37.1 Å². The number of carbonyl (C=O) groups is 1. The standard InChI is InChI=1S/C22H22FN7O/c23-15-5-6-19-25-11-18(30(19)12-15)22-26-10-17(14-3-4-14)21(28-22)27-16-2-1-9-29(13-16)20(31)7-8-24/h5-6,10-12,14,16H,1-4,7,9,13H2,(H,26,27,28)/t16-/m1/s1. The molecule has 1 aliphatic heterocycles. The van der Waals surface area contributed by atoms with E-state index in [4.69, 9.17) is 10.2 Å². The Morgan fingerprint density at radius 1 is 1.26 bits per heavy atom. The molecule has 3 aromatic heterocycles. The molecule has 0 bridgehead atoms. The summed E-state index contributed by atoms with van der Waals surface area (Å²) in [6, 6.07) is 4.98. The number of piperidine rings is 1. The molecule has 158 valence electrons. The maximum atomic E-state index is 13.8. The second kappa shape index (κ2) is 7.95. The van der Waals surface area contributed by atoms with Crippen LogP contribution in [0.25, 0.3) is 17.2 Å². The minimum Gasteiger partial charge on any atom is -0.365 e. The Bertz CT molecular complexity index is 1180. The van der Waals surface area contributed by atoms with E-state index in [0.29, 0.717) is 36.2 Å². The van der Waals surface area contributed by atoms with E-state index in [1.54, 1.807) is 21.6 Å². The van der Waals surface area contributed by atoms with Gasteiger partial charge in [-0.2, -0.15) is 5.26 Å². The van der Waals surface area contributed by atoms with E-state index in [0.717, 1.165) is 37.1 Å². The number of rotatable bonds is 5. The van der Waals surface area contributed by atoms with Gasteiger partial charge in [-0.25, -0.2) is 19.3 Å². The van der Waals surface area contributed by atoms with Crippen LogP contribution < -0.4 is 5.32 Å². The van der Waals surface area contributed by atoms with Crippen molar-refractivity contribution in [2.45, 2.75) is 44.1 Å². The van der Waals surface area contributed by atoms with Gasteiger partial charge >= 0.3 is 0 Å². The monoisotopic (exact) mass is 419 g/mol. The van der Waals surface area contributed by atoms with Gasteiger partial charge in [0.15, 0.2) is 5.82 Å². The number of anilines is 1. The summed E-state index contributed by atoms with van der Waals surface area (Å²) in [7, 11) is 0. The van der Waals surface area contributed by atoms with Crippen molar-refractivity contribution in [1.29, 1.82) is 5.26 Å². The fourth-order valence-electron chi connectivity index (χ4n) is 4.14. The average molecular weight is 419 g/mol. The Kier molecular flexibility index (Phi) is 4.98.